The van der Waals surface area contributed by atoms with Gasteiger partial charge in [0.25, 0.3) is 0 Å². The maximum Gasteiger partial charge on any atom is 0.356 e. The van der Waals surface area contributed by atoms with Gasteiger partial charge < -0.3 is 9.30 Å². The van der Waals surface area contributed by atoms with Crippen LogP contribution in [0.2, 0.25) is 0 Å². The Hall–Kier alpha value is -3.82. The molecule has 0 atom stereocenters. The molecule has 0 aliphatic heterocycles. The molecule has 0 spiro atoms. The fourth-order valence-corrected chi connectivity index (χ4v) is 2.56. The number of benzene rings is 1. The van der Waals surface area contributed by atoms with Crippen LogP contribution < -0.4 is 21.0 Å². The Morgan fingerprint density at radius 2 is 1.93 bits per heavy atom. The third-order valence-corrected chi connectivity index (χ3v) is 4.21. The normalized spacial score (nSPS) is 11.0. The van der Waals surface area contributed by atoms with Crippen LogP contribution in [0.25, 0.3) is 22.6 Å². The van der Waals surface area contributed by atoms with Crippen LogP contribution in [0, 0.1) is 0 Å². The third-order valence-electron chi connectivity index (χ3n) is 4.21. The van der Waals surface area contributed by atoms with Gasteiger partial charge >= 0.3 is 17.1 Å². The van der Waals surface area contributed by atoms with Crippen LogP contribution >= 0.6 is 0 Å². The fourth-order valence-electron chi connectivity index (χ4n) is 2.56. The van der Waals surface area contributed by atoms with Gasteiger partial charge in [0.2, 0.25) is 11.2 Å². The summed E-state index contributed by atoms with van der Waals surface area (Å²) in [6, 6.07) is 7.22. The second-order valence-corrected chi connectivity index (χ2v) is 6.00. The van der Waals surface area contributed by atoms with E-state index in [1.807, 2.05) is 11.6 Å². The summed E-state index contributed by atoms with van der Waals surface area (Å²) in [7, 11) is 3.30. The highest BCUT2D eigenvalue weighted by Crippen LogP contribution is 2.18. The molecule has 0 bridgehead atoms. The smallest absolute Gasteiger partial charge is 0.356 e. The number of aromatic nitrogens is 7. The summed E-state index contributed by atoms with van der Waals surface area (Å²) in [6.45, 7) is 0.404. The molecule has 27 heavy (non-hydrogen) atoms. The number of fused-ring (bicyclic) bond motifs is 1. The summed E-state index contributed by atoms with van der Waals surface area (Å²) < 4.78 is 8.60. The van der Waals surface area contributed by atoms with Crippen LogP contribution in [-0.4, -0.2) is 29.3 Å². The zero-order valence-electron chi connectivity index (χ0n) is 14.6. The lowest BCUT2D eigenvalue weighted by Crippen LogP contribution is -2.36. The van der Waals surface area contributed by atoms with Crippen molar-refractivity contribution in [2.45, 2.75) is 6.61 Å². The minimum absolute atomic E-state index is 0.114. The molecule has 136 valence electrons. The SMILES string of the molecule is Cn1cncc1COc1ccc(-c2nnc3[nH]c(=O)n(C)c(=O)c3[nH+]2)cc1. The maximum absolute atomic E-state index is 12.2. The van der Waals surface area contributed by atoms with Crippen molar-refractivity contribution in [2.24, 2.45) is 14.1 Å². The van der Waals surface area contributed by atoms with E-state index in [0.717, 1.165) is 15.8 Å². The number of hydrogen-bond acceptors (Lipinski definition) is 6. The number of ether oxygens (including phenoxy) is 1. The van der Waals surface area contributed by atoms with Gasteiger partial charge in [0, 0.05) is 14.1 Å². The molecule has 0 aliphatic carbocycles. The molecule has 10 nitrogen and oxygen atoms in total. The van der Waals surface area contributed by atoms with Crippen molar-refractivity contribution in [1.82, 2.24) is 29.3 Å². The van der Waals surface area contributed by atoms with Crippen LogP contribution in [0.1, 0.15) is 5.69 Å². The van der Waals surface area contributed by atoms with E-state index >= 15 is 0 Å². The summed E-state index contributed by atoms with van der Waals surface area (Å²) in [4.78, 5) is 33.3. The van der Waals surface area contributed by atoms with Crippen LogP contribution in [0.3, 0.4) is 0 Å². The van der Waals surface area contributed by atoms with Crippen molar-refractivity contribution < 1.29 is 9.72 Å². The molecule has 0 fully saturated rings. The maximum atomic E-state index is 12.2. The Morgan fingerprint density at radius 3 is 2.63 bits per heavy atom. The van der Waals surface area contributed by atoms with Crippen LogP contribution in [0.5, 0.6) is 5.75 Å². The average Bonchev–Trinajstić information content (AvgIpc) is 3.10. The van der Waals surface area contributed by atoms with E-state index in [1.165, 1.54) is 7.05 Å². The molecule has 0 amide bonds. The lowest BCUT2D eigenvalue weighted by molar-refractivity contribution is -0.337. The van der Waals surface area contributed by atoms with Crippen LogP contribution in [0.15, 0.2) is 46.4 Å². The number of hydrogen-bond donors (Lipinski definition) is 1. The van der Waals surface area contributed by atoms with Gasteiger partial charge in [-0.25, -0.2) is 14.8 Å². The molecule has 0 saturated heterocycles. The van der Waals surface area contributed by atoms with Crippen molar-refractivity contribution in [1.29, 1.82) is 0 Å². The first-order valence-electron chi connectivity index (χ1n) is 8.10. The predicted molar refractivity (Wildman–Crippen MR) is 94.9 cm³/mol. The molecular weight excluding hydrogens is 350 g/mol. The molecule has 1 aromatic carbocycles. The molecule has 2 N–H and O–H groups in total. The number of aromatic amines is 2. The summed E-state index contributed by atoms with van der Waals surface area (Å²) in [5.74, 6) is 1.10. The van der Waals surface area contributed by atoms with Crippen molar-refractivity contribution in [2.75, 3.05) is 0 Å². The fraction of sp³-hybridized carbons (Fsp3) is 0.176. The van der Waals surface area contributed by atoms with E-state index in [1.54, 1.807) is 36.8 Å². The zero-order chi connectivity index (χ0) is 19.0. The largest absolute Gasteiger partial charge is 0.487 e. The van der Waals surface area contributed by atoms with Gasteiger partial charge in [0.15, 0.2) is 0 Å². The highest BCUT2D eigenvalue weighted by molar-refractivity contribution is 5.64. The Bertz CT molecular complexity index is 1240. The lowest BCUT2D eigenvalue weighted by atomic mass is 10.2. The number of imidazole rings is 1. The third kappa shape index (κ3) is 3.08. The Balaban J connectivity index is 1.61. The van der Waals surface area contributed by atoms with Gasteiger partial charge in [0.1, 0.15) is 12.4 Å². The molecule has 3 heterocycles. The molecule has 4 rings (SSSR count). The van der Waals surface area contributed by atoms with Crippen molar-refractivity contribution in [3.63, 3.8) is 0 Å². The Labute approximate surface area is 152 Å². The van der Waals surface area contributed by atoms with Gasteiger partial charge in [-0.05, 0) is 29.4 Å². The molecular formula is C17H16N7O3+. The number of rotatable bonds is 4. The highest BCUT2D eigenvalue weighted by Gasteiger charge is 2.17. The zero-order valence-corrected chi connectivity index (χ0v) is 14.6. The van der Waals surface area contributed by atoms with Crippen molar-refractivity contribution in [3.05, 3.63) is 63.3 Å². The monoisotopic (exact) mass is 366 g/mol. The first kappa shape index (κ1) is 16.6. The van der Waals surface area contributed by atoms with E-state index in [2.05, 4.69) is 25.1 Å². The predicted octanol–water partition coefficient (Wildman–Crippen LogP) is -0.190. The van der Waals surface area contributed by atoms with Crippen molar-refractivity contribution in [3.8, 4) is 17.1 Å². The van der Waals surface area contributed by atoms with Crippen LogP contribution in [-0.2, 0) is 20.7 Å². The van der Waals surface area contributed by atoms with Gasteiger partial charge in [0.05, 0.1) is 28.9 Å². The summed E-state index contributed by atoms with van der Waals surface area (Å²) in [6.07, 6.45) is 3.46. The second kappa shape index (κ2) is 6.48. The molecule has 0 aliphatic rings. The number of aryl methyl sites for hydroxylation is 1. The standard InChI is InChI=1S/C17H15N7O3/c1-23-9-18-7-11(23)8-27-12-5-3-10(4-6-12)14-19-13-15(22-21-14)20-17(26)24(2)16(13)25/h3-7,9H,8H2,1-2H3,(H,20,22,26)/p+1. The molecule has 10 heteroatoms. The van der Waals surface area contributed by atoms with Gasteiger partial charge in [-0.2, -0.15) is 0 Å². The first-order valence-corrected chi connectivity index (χ1v) is 8.10. The lowest BCUT2D eigenvalue weighted by Gasteiger charge is -2.06. The van der Waals surface area contributed by atoms with Crippen LogP contribution in [0.4, 0.5) is 0 Å². The van der Waals surface area contributed by atoms with E-state index in [4.69, 9.17) is 4.74 Å². The quantitative estimate of drug-likeness (QED) is 0.534. The topological polar surface area (TPSA) is 122 Å². The average molecular weight is 366 g/mol. The first-order chi connectivity index (χ1) is 13.0. The minimum atomic E-state index is -0.544. The van der Waals surface area contributed by atoms with Gasteiger partial charge in [-0.3, -0.25) is 14.3 Å². The Kier molecular flexibility index (Phi) is 3.99. The number of nitrogens with zero attached hydrogens (tertiary/aromatic N) is 5. The van der Waals surface area contributed by atoms with Gasteiger partial charge in [-0.15, -0.1) is 0 Å². The van der Waals surface area contributed by atoms with E-state index < -0.39 is 11.2 Å². The van der Waals surface area contributed by atoms with E-state index in [0.29, 0.717) is 18.2 Å². The minimum Gasteiger partial charge on any atom is -0.487 e. The summed E-state index contributed by atoms with van der Waals surface area (Å²) in [5, 5.41) is 7.97. The number of nitrogens with one attached hydrogen (secondary N) is 2. The summed E-state index contributed by atoms with van der Waals surface area (Å²) >= 11 is 0. The molecule has 0 radical (unpaired) electrons. The number of H-pyrrole nitrogens is 2. The molecule has 0 saturated carbocycles. The Morgan fingerprint density at radius 1 is 1.15 bits per heavy atom. The van der Waals surface area contributed by atoms with Crippen molar-refractivity contribution >= 4 is 11.2 Å². The van der Waals surface area contributed by atoms with E-state index in [9.17, 15) is 9.59 Å². The molecule has 3 aromatic heterocycles. The second-order valence-electron chi connectivity index (χ2n) is 6.00. The molecule has 4 aromatic rings. The highest BCUT2D eigenvalue weighted by atomic mass is 16.5. The molecule has 0 unspecified atom stereocenters. The van der Waals surface area contributed by atoms with Gasteiger partial charge in [-0.1, -0.05) is 0 Å². The van der Waals surface area contributed by atoms with E-state index in [-0.39, 0.29) is 11.2 Å². The summed E-state index contributed by atoms with van der Waals surface area (Å²) in [5.41, 5.74) is 0.962.